The van der Waals surface area contributed by atoms with Crippen LogP contribution in [0.2, 0.25) is 0 Å². The zero-order valence-electron chi connectivity index (χ0n) is 79.4. The minimum atomic E-state index is -0.448. The van der Waals surface area contributed by atoms with E-state index < -0.39 is 11.2 Å². The van der Waals surface area contributed by atoms with Crippen LogP contribution in [0, 0.1) is 106 Å². The molecule has 5 heterocycles. The van der Waals surface area contributed by atoms with Crippen LogP contribution in [0.3, 0.4) is 0 Å². The molecule has 0 unspecified atom stereocenters. The van der Waals surface area contributed by atoms with E-state index in [1.807, 2.05) is 63.5 Å². The predicted octanol–water partition coefficient (Wildman–Crippen LogP) is 27.4. The summed E-state index contributed by atoms with van der Waals surface area (Å²) >= 11 is 0. The van der Waals surface area contributed by atoms with Gasteiger partial charge in [0.1, 0.15) is 41.1 Å². The number of nitriles is 1. The van der Waals surface area contributed by atoms with Crippen LogP contribution >= 0.6 is 0 Å². The van der Waals surface area contributed by atoms with Crippen molar-refractivity contribution in [3.8, 4) is 118 Å². The largest absolute Gasteiger partial charge is 0.238 e. The van der Waals surface area contributed by atoms with Gasteiger partial charge in [-0.15, -0.1) is 0 Å². The third-order valence-corrected chi connectivity index (χ3v) is 28.6. The third-order valence-electron chi connectivity index (χ3n) is 28.6. The molecule has 0 saturated heterocycles. The van der Waals surface area contributed by atoms with Gasteiger partial charge in [-0.25, -0.2) is 46.6 Å². The summed E-state index contributed by atoms with van der Waals surface area (Å²) in [6.45, 7) is 71.8. The van der Waals surface area contributed by atoms with Crippen LogP contribution in [0.4, 0.5) is 27.1 Å². The average molecular weight is 1700 g/mol. The van der Waals surface area contributed by atoms with Crippen molar-refractivity contribution in [2.45, 2.75) is 159 Å². The van der Waals surface area contributed by atoms with Gasteiger partial charge in [0.15, 0.2) is 48.0 Å². The van der Waals surface area contributed by atoms with E-state index in [0.717, 1.165) is 67.3 Å². The Morgan fingerprint density at radius 2 is 0.631 bits per heavy atom. The number of nitrogens with zero attached hydrogens (tertiary/aromatic N) is 10. The second-order valence-electron chi connectivity index (χ2n) is 38.6. The highest BCUT2D eigenvalue weighted by Crippen LogP contribution is 2.61. The molecule has 15 aromatic rings. The van der Waals surface area contributed by atoms with Crippen LogP contribution in [-0.2, 0) is 62.3 Å². The van der Waals surface area contributed by atoms with E-state index in [1.165, 1.54) is 179 Å². The van der Waals surface area contributed by atoms with Crippen LogP contribution in [0.15, 0.2) is 243 Å². The van der Waals surface area contributed by atoms with Gasteiger partial charge >= 0.3 is 0 Å². The average Bonchev–Trinajstić information content (AvgIpc) is 1.51. The Morgan fingerprint density at radius 1 is 0.285 bits per heavy atom. The lowest BCUT2D eigenvalue weighted by atomic mass is 9.77. The van der Waals surface area contributed by atoms with Gasteiger partial charge in [0.25, 0.3) is 0 Å². The lowest BCUT2D eigenvalue weighted by Gasteiger charge is -2.26. The van der Waals surface area contributed by atoms with Gasteiger partial charge < -0.3 is 0 Å². The molecule has 5 aliphatic rings. The second kappa shape index (κ2) is 33.2. The molecule has 0 spiro atoms. The maximum Gasteiger partial charge on any atom is 0.226 e. The van der Waals surface area contributed by atoms with Gasteiger partial charge in [-0.1, -0.05) is 184 Å². The van der Waals surface area contributed by atoms with E-state index >= 15 is 0 Å². The van der Waals surface area contributed by atoms with Crippen LogP contribution in [-0.4, -0.2) is 0 Å². The van der Waals surface area contributed by atoms with Gasteiger partial charge in [-0.2, -0.15) is 5.26 Å². The van der Waals surface area contributed by atoms with Gasteiger partial charge in [0.2, 0.25) is 34.2 Å². The SMILES string of the molecule is Cc1ccc(-c2c(C)ccc3c2C(C)(C)c2cccc(C#N)c2-3)[n+](C)c1.[C-]#[N+]c1c(C)ccc2c1C(C)(C)c1c-2ccc(C)c1-c1cccc[n+]1C.[C-]#[N+]c1c(F)ccc2c1C(C)(C)c1c-2ccc(C)c1-c1cccc[n+]1C.[C-]#[N+]c1cc2c(cc1C)-c1ccc(C)c(-c3cccc[n+]3C)c1C2(C)C.[C-]#[N+]c1ccc2c(c1C)C(C)(C)c1c-2ccc(C)c1-c1cccc[n+]1C. The lowest BCUT2D eigenvalue weighted by molar-refractivity contribution is -0.660. The monoisotopic (exact) mass is 1700 g/mol. The van der Waals surface area contributed by atoms with Gasteiger partial charge in [-0.3, -0.25) is 0 Å². The Labute approximate surface area is 768 Å². The molecular formula is C119H112FN10+5. The number of halogens is 1. The molecule has 0 aliphatic heterocycles. The van der Waals surface area contributed by atoms with Crippen molar-refractivity contribution in [1.82, 2.24) is 0 Å². The van der Waals surface area contributed by atoms with E-state index in [0.29, 0.717) is 0 Å². The molecule has 0 bridgehead atoms. The summed E-state index contributed by atoms with van der Waals surface area (Å²) in [4.78, 5) is 14.9. The van der Waals surface area contributed by atoms with Gasteiger partial charge in [-0.05, 0) is 255 Å². The number of aromatic nitrogens is 5. The van der Waals surface area contributed by atoms with Crippen molar-refractivity contribution in [2.24, 2.45) is 35.2 Å². The van der Waals surface area contributed by atoms with Crippen molar-refractivity contribution in [3.05, 3.63) is 406 Å². The van der Waals surface area contributed by atoms with Crippen LogP contribution in [0.1, 0.15) is 181 Å². The molecule has 0 radical (unpaired) electrons. The molecule has 10 nitrogen and oxygen atoms in total. The summed E-state index contributed by atoms with van der Waals surface area (Å²) in [6, 6.07) is 76.0. The van der Waals surface area contributed by atoms with Crippen molar-refractivity contribution in [1.29, 1.82) is 5.26 Å². The zero-order chi connectivity index (χ0) is 93.2. The van der Waals surface area contributed by atoms with Crippen LogP contribution in [0.5, 0.6) is 0 Å². The highest BCUT2D eigenvalue weighted by molar-refractivity contribution is 5.97. The Morgan fingerprint density at radius 3 is 1.04 bits per heavy atom. The summed E-state index contributed by atoms with van der Waals surface area (Å²) in [7, 11) is 10.4. The summed E-state index contributed by atoms with van der Waals surface area (Å²) in [5.41, 5.74) is 49.6. The van der Waals surface area contributed by atoms with E-state index in [1.54, 1.807) is 0 Å². The molecule has 11 heteroatoms. The summed E-state index contributed by atoms with van der Waals surface area (Å²) in [5, 5.41) is 9.66. The van der Waals surface area contributed by atoms with Crippen molar-refractivity contribution in [2.75, 3.05) is 0 Å². The molecule has 0 fully saturated rings. The fraction of sp³-hybridized carbons (Fsp3) is 0.244. The number of benzene rings is 10. The maximum absolute atomic E-state index is 14.4. The molecule has 5 aromatic heterocycles. The minimum Gasteiger partial charge on any atom is -0.238 e. The van der Waals surface area contributed by atoms with Crippen molar-refractivity contribution >= 4 is 22.7 Å². The fourth-order valence-corrected chi connectivity index (χ4v) is 22.4. The molecule has 0 atom stereocenters. The summed E-state index contributed by atoms with van der Waals surface area (Å²) in [6.07, 6.45) is 10.5. The quantitative estimate of drug-likeness (QED) is 0.125. The molecule has 0 saturated carbocycles. The highest BCUT2D eigenvalue weighted by atomic mass is 19.1. The van der Waals surface area contributed by atoms with E-state index in [4.69, 9.17) is 26.3 Å². The van der Waals surface area contributed by atoms with E-state index in [9.17, 15) is 9.65 Å². The Kier molecular flexibility index (Phi) is 22.7. The van der Waals surface area contributed by atoms with Gasteiger partial charge in [0, 0.05) is 92.8 Å². The molecule has 640 valence electrons. The van der Waals surface area contributed by atoms with Crippen LogP contribution < -0.4 is 22.8 Å². The topological polar surface area (TPSA) is 60.6 Å². The second-order valence-corrected chi connectivity index (χ2v) is 38.6. The van der Waals surface area contributed by atoms with Crippen LogP contribution in [0.25, 0.3) is 131 Å². The van der Waals surface area contributed by atoms with Crippen molar-refractivity contribution in [3.63, 3.8) is 0 Å². The Hall–Kier alpha value is -14.7. The third kappa shape index (κ3) is 14.1. The first-order valence-electron chi connectivity index (χ1n) is 44.6. The van der Waals surface area contributed by atoms with E-state index in [-0.39, 0.29) is 27.3 Å². The maximum atomic E-state index is 14.4. The summed E-state index contributed by atoms with van der Waals surface area (Å²) in [5.74, 6) is -0.442. The number of pyridine rings is 5. The number of fused-ring (bicyclic) bond motifs is 15. The predicted molar refractivity (Wildman–Crippen MR) is 525 cm³/mol. The first-order chi connectivity index (χ1) is 61.8. The molecule has 130 heavy (non-hydrogen) atoms. The summed E-state index contributed by atoms with van der Waals surface area (Å²) < 4.78 is 25.2. The molecule has 10 aromatic carbocycles. The number of hydrogen-bond acceptors (Lipinski definition) is 1. The molecule has 0 N–H and O–H groups in total. The van der Waals surface area contributed by atoms with Crippen molar-refractivity contribution < 1.29 is 27.2 Å². The first kappa shape index (κ1) is 88.8. The lowest BCUT2D eigenvalue weighted by Crippen LogP contribution is -2.32. The fourth-order valence-electron chi connectivity index (χ4n) is 22.4. The highest BCUT2D eigenvalue weighted by Gasteiger charge is 2.47. The van der Waals surface area contributed by atoms with E-state index in [2.05, 4.69) is 389 Å². The standard InChI is InChI=1S/4C24H23N2.C23H20FN2/c1-15-10-12-17-18-13-11-16(2)23(25-5)22(18)24(3,4)21(17)20(15)19-9-7-8-14-26(19)6;1-15-10-11-18-17-12-13-19(25-5)16(2)22(17)24(3,4)23(18)21(15)20-9-7-8-14-26(20)6;1-15-10-11-17-18-13-16(2)20(25-5)14-19(18)24(3,4)23(17)22(15)21-9-7-8-12-26(21)6;1-15-9-12-20(26(5)14-15)21-16(2)10-11-18-22-17(13-25)7-6-8-19(22)24(3,4)23(18)21;1-14-9-10-15-16-11-12-17(24)22(25-4)21(16)23(2,3)20(15)19(14)18-8-6-7-13-26(18)5/h3*7-14H,1-4,6H3;6-12,14H,1-5H3;6-13H,1-3,5H3/q5*+1. The first-order valence-corrected chi connectivity index (χ1v) is 44.6. The number of aryl methyl sites for hydroxylation is 13. The molecule has 5 aliphatic carbocycles. The normalized spacial score (nSPS) is 13.8. The number of rotatable bonds is 5. The zero-order valence-corrected chi connectivity index (χ0v) is 79.4. The molecule has 20 rings (SSSR count). The minimum absolute atomic E-state index is 0.137. The van der Waals surface area contributed by atoms with Gasteiger partial charge in [0.05, 0.1) is 65.7 Å². The smallest absolute Gasteiger partial charge is 0.226 e. The molecular weight excluding hydrogens is 1590 g/mol. The Balaban J connectivity index is 0.000000119. The number of hydrogen-bond donors (Lipinski definition) is 0. The molecule has 0 amide bonds. The Bertz CT molecular complexity index is 7370.